The molecule has 13 heteroatoms. The van der Waals surface area contributed by atoms with Crippen LogP contribution in [-0.2, 0) is 14.3 Å². The fraction of sp³-hybridized carbons (Fsp3) is 0.500. The van der Waals surface area contributed by atoms with Gasteiger partial charge in [0.1, 0.15) is 11.5 Å². The molecular weight excluding hydrogens is 616 g/mol. The van der Waals surface area contributed by atoms with E-state index in [1.54, 1.807) is 20.8 Å². The predicted molar refractivity (Wildman–Crippen MR) is 154 cm³/mol. The highest BCUT2D eigenvalue weighted by Crippen LogP contribution is 2.54. The second kappa shape index (κ2) is 15.6. The Labute approximate surface area is 257 Å². The minimum atomic E-state index is -6.51. The van der Waals surface area contributed by atoms with E-state index >= 15 is 0 Å². The van der Waals surface area contributed by atoms with Crippen LogP contribution < -0.4 is 9.47 Å². The van der Waals surface area contributed by atoms with Gasteiger partial charge in [0.05, 0.1) is 39.1 Å². The van der Waals surface area contributed by atoms with E-state index in [0.29, 0.717) is 17.4 Å². The van der Waals surface area contributed by atoms with Crippen LogP contribution in [0.3, 0.4) is 0 Å². The largest absolute Gasteiger partial charge is 0.496 e. The van der Waals surface area contributed by atoms with Gasteiger partial charge in [0.2, 0.25) is 0 Å². The molecule has 0 heterocycles. The molecule has 1 unspecified atom stereocenters. The van der Waals surface area contributed by atoms with Crippen LogP contribution in [0.25, 0.3) is 6.08 Å². The van der Waals surface area contributed by atoms with E-state index in [2.05, 4.69) is 17.9 Å². The molecule has 0 radical (unpaired) electrons. The van der Waals surface area contributed by atoms with Crippen molar-refractivity contribution in [3.8, 4) is 11.5 Å². The number of halogens is 8. The number of esters is 1. The lowest BCUT2D eigenvalue weighted by Gasteiger charge is -2.36. The summed E-state index contributed by atoms with van der Waals surface area (Å²) >= 11 is 0. The highest BCUT2D eigenvalue weighted by Gasteiger charge is 2.79. The maximum Gasteiger partial charge on any atom is 0.378 e. The summed E-state index contributed by atoms with van der Waals surface area (Å²) in [7, 11) is 1.23. The van der Waals surface area contributed by atoms with Crippen molar-refractivity contribution in [3.63, 3.8) is 0 Å². The third-order valence-corrected chi connectivity index (χ3v) is 6.47. The van der Waals surface area contributed by atoms with Crippen LogP contribution in [0.5, 0.6) is 11.5 Å². The van der Waals surface area contributed by atoms with Crippen molar-refractivity contribution in [1.29, 1.82) is 0 Å². The van der Waals surface area contributed by atoms with E-state index in [1.807, 2.05) is 0 Å². The Morgan fingerprint density at radius 2 is 1.47 bits per heavy atom. The average molecular weight is 655 g/mol. The molecule has 45 heavy (non-hydrogen) atoms. The Morgan fingerprint density at radius 1 is 0.911 bits per heavy atom. The summed E-state index contributed by atoms with van der Waals surface area (Å²) in [6.07, 6.45) is 2.35. The Balaban J connectivity index is 3.00. The lowest BCUT2D eigenvalue weighted by atomic mass is 9.85. The molecule has 0 spiro atoms. The van der Waals surface area contributed by atoms with Gasteiger partial charge in [0.25, 0.3) is 0 Å². The first-order valence-electron chi connectivity index (χ1n) is 13.7. The number of hydrogen-bond acceptors (Lipinski definition) is 5. The third kappa shape index (κ3) is 10.2. The maximum absolute atomic E-state index is 14.4. The topological polar surface area (TPSA) is 61.8 Å². The molecule has 252 valence electrons. The van der Waals surface area contributed by atoms with E-state index in [0.717, 1.165) is 6.07 Å². The molecule has 5 nitrogen and oxygen atoms in total. The summed E-state index contributed by atoms with van der Waals surface area (Å²) in [6.45, 7) is 11.2. The standard InChI is InChI=1S/C32H38F8O5/c1-8-10-22(9-2)24(20-41)17-23-11-12-25(18-26(23)43-7)44-15-13-29(33,34)31(37,38)32(39,40)30(35,36)14-16-45-27(42)21(3)19-28(4,5)6/h8-12,17-18,20-21H,1-2,13-16,19H2,3-7H3/b22-10+,24-17+. The molecule has 1 atom stereocenters. The van der Waals surface area contributed by atoms with Crippen molar-refractivity contribution >= 4 is 18.3 Å². The molecule has 0 aliphatic carbocycles. The normalized spacial score (nSPS) is 14.4. The lowest BCUT2D eigenvalue weighted by molar-refractivity contribution is -0.369. The van der Waals surface area contributed by atoms with E-state index < -0.39 is 61.6 Å². The summed E-state index contributed by atoms with van der Waals surface area (Å²) < 4.78 is 129. The summed E-state index contributed by atoms with van der Waals surface area (Å²) in [5.41, 5.74) is 0.542. The van der Waals surface area contributed by atoms with Crippen molar-refractivity contribution in [1.82, 2.24) is 0 Å². The molecular formula is C32H38F8O5. The van der Waals surface area contributed by atoms with Gasteiger partial charge in [-0.3, -0.25) is 9.59 Å². The molecule has 0 saturated heterocycles. The van der Waals surface area contributed by atoms with E-state index in [4.69, 9.17) is 9.47 Å². The summed E-state index contributed by atoms with van der Waals surface area (Å²) in [5, 5.41) is 0. The summed E-state index contributed by atoms with van der Waals surface area (Å²) in [4.78, 5) is 23.5. The second-order valence-electron chi connectivity index (χ2n) is 11.4. The van der Waals surface area contributed by atoms with Gasteiger partial charge in [0, 0.05) is 17.2 Å². The van der Waals surface area contributed by atoms with Crippen molar-refractivity contribution in [2.75, 3.05) is 20.3 Å². The molecule has 0 saturated carbocycles. The maximum atomic E-state index is 14.4. The Bertz CT molecular complexity index is 1260. The number of ether oxygens (including phenoxy) is 3. The molecule has 0 aliphatic heterocycles. The molecule has 0 aromatic heterocycles. The average Bonchev–Trinajstić information content (AvgIpc) is 2.93. The molecule has 0 aliphatic rings. The fourth-order valence-corrected chi connectivity index (χ4v) is 4.16. The predicted octanol–water partition coefficient (Wildman–Crippen LogP) is 8.89. The molecule has 0 bridgehead atoms. The molecule has 0 amide bonds. The first kappa shape index (κ1) is 39.4. The Morgan fingerprint density at radius 3 is 1.93 bits per heavy atom. The molecule has 0 fully saturated rings. The van der Waals surface area contributed by atoms with Crippen molar-refractivity contribution in [2.45, 2.75) is 70.6 Å². The lowest BCUT2D eigenvalue weighted by Crippen LogP contribution is -2.62. The number of aldehydes is 1. The number of methoxy groups -OCH3 is 1. The number of carbonyl (C=O) groups excluding carboxylic acids is 2. The zero-order valence-corrected chi connectivity index (χ0v) is 25.7. The van der Waals surface area contributed by atoms with Crippen LogP contribution in [-0.4, -0.2) is 56.3 Å². The Hall–Kier alpha value is -3.64. The van der Waals surface area contributed by atoms with Crippen LogP contribution in [0, 0.1) is 11.3 Å². The Kier molecular flexibility index (Phi) is 13.6. The molecule has 1 aromatic rings. The molecule has 1 rings (SSSR count). The van der Waals surface area contributed by atoms with Gasteiger partial charge in [-0.15, -0.1) is 0 Å². The number of allylic oxidation sites excluding steroid dienone is 5. The van der Waals surface area contributed by atoms with E-state index in [1.165, 1.54) is 50.5 Å². The van der Waals surface area contributed by atoms with Crippen LogP contribution in [0.2, 0.25) is 0 Å². The van der Waals surface area contributed by atoms with Gasteiger partial charge < -0.3 is 14.2 Å². The van der Waals surface area contributed by atoms with Crippen molar-refractivity contribution in [3.05, 3.63) is 66.3 Å². The zero-order chi connectivity index (χ0) is 34.9. The van der Waals surface area contributed by atoms with Crippen LogP contribution in [0.1, 0.15) is 52.5 Å². The second-order valence-corrected chi connectivity index (χ2v) is 11.4. The highest BCUT2D eigenvalue weighted by molar-refractivity contribution is 5.90. The fourth-order valence-electron chi connectivity index (χ4n) is 4.16. The van der Waals surface area contributed by atoms with Gasteiger partial charge in [-0.25, -0.2) is 0 Å². The minimum absolute atomic E-state index is 0.0608. The van der Waals surface area contributed by atoms with Gasteiger partial charge in [-0.1, -0.05) is 59.1 Å². The quantitative estimate of drug-likeness (QED) is 0.0520. The zero-order valence-electron chi connectivity index (χ0n) is 25.7. The van der Waals surface area contributed by atoms with Gasteiger partial charge in [-0.2, -0.15) is 35.1 Å². The van der Waals surface area contributed by atoms with Crippen LogP contribution >= 0.6 is 0 Å². The number of benzene rings is 1. The van der Waals surface area contributed by atoms with E-state index in [-0.39, 0.29) is 28.9 Å². The van der Waals surface area contributed by atoms with Crippen molar-refractivity contribution in [2.24, 2.45) is 11.3 Å². The highest BCUT2D eigenvalue weighted by atomic mass is 19.4. The first-order chi connectivity index (χ1) is 20.6. The minimum Gasteiger partial charge on any atom is -0.496 e. The summed E-state index contributed by atoms with van der Waals surface area (Å²) in [5.74, 6) is -26.3. The number of carbonyl (C=O) groups is 2. The number of hydrogen-bond donors (Lipinski definition) is 0. The molecule has 1 aromatic carbocycles. The SMILES string of the molecule is C=C/C=C(C=C)/C(C=O)=C/c1ccc(OCCC(F)(F)C(F)(F)C(F)(F)C(F)(F)CCOC(=O)C(C)CC(C)(C)C)cc1OC. The summed E-state index contributed by atoms with van der Waals surface area (Å²) in [6, 6.07) is 3.69. The van der Waals surface area contributed by atoms with Gasteiger partial charge >= 0.3 is 29.7 Å². The van der Waals surface area contributed by atoms with Gasteiger partial charge in [0.15, 0.2) is 6.29 Å². The third-order valence-electron chi connectivity index (χ3n) is 6.47. The van der Waals surface area contributed by atoms with E-state index in [9.17, 15) is 44.7 Å². The molecule has 0 N–H and O–H groups in total. The van der Waals surface area contributed by atoms with Crippen LogP contribution in [0.15, 0.2) is 60.7 Å². The first-order valence-corrected chi connectivity index (χ1v) is 13.7. The number of rotatable bonds is 18. The monoisotopic (exact) mass is 654 g/mol. The smallest absolute Gasteiger partial charge is 0.378 e. The van der Waals surface area contributed by atoms with Gasteiger partial charge in [-0.05, 0) is 35.6 Å². The number of alkyl halides is 8. The van der Waals surface area contributed by atoms with Crippen LogP contribution in [0.4, 0.5) is 35.1 Å². The van der Waals surface area contributed by atoms with Crippen molar-refractivity contribution < 1.29 is 58.9 Å².